The van der Waals surface area contributed by atoms with Gasteiger partial charge >= 0.3 is 0 Å². The van der Waals surface area contributed by atoms with E-state index in [1.54, 1.807) is 11.1 Å². The van der Waals surface area contributed by atoms with E-state index in [9.17, 15) is 4.79 Å². The SMILES string of the molecule is CNCCN(C)C(=O)c1cc(C)n(-c2ccccn2)c1C. The lowest BCUT2D eigenvalue weighted by atomic mass is 10.2. The lowest BCUT2D eigenvalue weighted by Crippen LogP contribution is -2.33. The van der Waals surface area contributed by atoms with Gasteiger partial charge in [0.05, 0.1) is 5.56 Å². The number of hydrogen-bond donors (Lipinski definition) is 1. The van der Waals surface area contributed by atoms with Crippen molar-refractivity contribution in [2.75, 3.05) is 27.2 Å². The second kappa shape index (κ2) is 6.54. The molecule has 2 aromatic heterocycles. The first-order valence-corrected chi connectivity index (χ1v) is 7.06. The van der Waals surface area contributed by atoms with Crippen LogP contribution in [0.5, 0.6) is 0 Å². The minimum Gasteiger partial charge on any atom is -0.340 e. The lowest BCUT2D eigenvalue weighted by molar-refractivity contribution is 0.0796. The summed E-state index contributed by atoms with van der Waals surface area (Å²) in [6.07, 6.45) is 1.76. The van der Waals surface area contributed by atoms with E-state index in [-0.39, 0.29) is 5.91 Å². The lowest BCUT2D eigenvalue weighted by Gasteiger charge is -2.17. The van der Waals surface area contributed by atoms with E-state index in [0.717, 1.165) is 29.3 Å². The largest absolute Gasteiger partial charge is 0.340 e. The summed E-state index contributed by atoms with van der Waals surface area (Å²) in [6, 6.07) is 7.71. The van der Waals surface area contributed by atoms with E-state index in [4.69, 9.17) is 0 Å². The Morgan fingerprint density at radius 2 is 2.14 bits per heavy atom. The van der Waals surface area contributed by atoms with Crippen molar-refractivity contribution < 1.29 is 4.79 Å². The smallest absolute Gasteiger partial charge is 0.255 e. The Balaban J connectivity index is 2.33. The highest BCUT2D eigenvalue weighted by Crippen LogP contribution is 2.20. The highest BCUT2D eigenvalue weighted by atomic mass is 16.2. The topological polar surface area (TPSA) is 50.2 Å². The van der Waals surface area contributed by atoms with Crippen LogP contribution in [0.1, 0.15) is 21.7 Å². The van der Waals surface area contributed by atoms with Crippen LogP contribution in [-0.2, 0) is 0 Å². The van der Waals surface area contributed by atoms with E-state index < -0.39 is 0 Å². The number of nitrogens with one attached hydrogen (secondary N) is 1. The molecule has 0 saturated carbocycles. The summed E-state index contributed by atoms with van der Waals surface area (Å²) >= 11 is 0. The average molecular weight is 286 g/mol. The molecular formula is C16H22N4O. The summed E-state index contributed by atoms with van der Waals surface area (Å²) in [7, 11) is 3.71. The van der Waals surface area contributed by atoms with Gasteiger partial charge in [0.1, 0.15) is 5.82 Å². The zero-order chi connectivity index (χ0) is 15.4. The Morgan fingerprint density at radius 1 is 1.38 bits per heavy atom. The summed E-state index contributed by atoms with van der Waals surface area (Å²) in [4.78, 5) is 18.6. The first-order valence-electron chi connectivity index (χ1n) is 7.06. The molecule has 21 heavy (non-hydrogen) atoms. The summed E-state index contributed by atoms with van der Waals surface area (Å²) in [5, 5.41) is 3.05. The maximum atomic E-state index is 12.5. The Kier molecular flexibility index (Phi) is 4.75. The van der Waals surface area contributed by atoms with Crippen LogP contribution in [0.4, 0.5) is 0 Å². The van der Waals surface area contributed by atoms with Crippen LogP contribution in [0.2, 0.25) is 0 Å². The monoisotopic (exact) mass is 286 g/mol. The van der Waals surface area contributed by atoms with Crippen molar-refractivity contribution in [2.24, 2.45) is 0 Å². The van der Waals surface area contributed by atoms with Crippen molar-refractivity contribution in [2.45, 2.75) is 13.8 Å². The van der Waals surface area contributed by atoms with Gasteiger partial charge in [0.2, 0.25) is 0 Å². The van der Waals surface area contributed by atoms with Gasteiger partial charge in [0.25, 0.3) is 5.91 Å². The molecule has 2 rings (SSSR count). The molecule has 2 heterocycles. The van der Waals surface area contributed by atoms with Gasteiger partial charge in [-0.25, -0.2) is 4.98 Å². The number of likely N-dealkylation sites (N-methyl/N-ethyl adjacent to an activating group) is 2. The maximum absolute atomic E-state index is 12.5. The second-order valence-electron chi connectivity index (χ2n) is 5.14. The molecule has 1 N–H and O–H groups in total. The van der Waals surface area contributed by atoms with Crippen molar-refractivity contribution in [1.29, 1.82) is 0 Å². The van der Waals surface area contributed by atoms with Gasteiger partial charge < -0.3 is 14.8 Å². The Morgan fingerprint density at radius 3 is 2.76 bits per heavy atom. The molecule has 0 saturated heterocycles. The molecule has 5 nitrogen and oxygen atoms in total. The predicted molar refractivity (Wildman–Crippen MR) is 83.9 cm³/mol. The van der Waals surface area contributed by atoms with Crippen molar-refractivity contribution in [3.8, 4) is 5.82 Å². The molecular weight excluding hydrogens is 264 g/mol. The molecule has 112 valence electrons. The first kappa shape index (κ1) is 15.3. The third-order valence-corrected chi connectivity index (χ3v) is 3.58. The molecule has 0 aliphatic heterocycles. The van der Waals surface area contributed by atoms with Crippen molar-refractivity contribution in [3.05, 3.63) is 47.4 Å². The predicted octanol–water partition coefficient (Wildman–Crippen LogP) is 1.78. The average Bonchev–Trinajstić information content (AvgIpc) is 2.79. The number of amides is 1. The molecule has 5 heteroatoms. The van der Waals surface area contributed by atoms with E-state index in [1.165, 1.54) is 0 Å². The van der Waals surface area contributed by atoms with E-state index in [1.807, 2.05) is 56.8 Å². The third kappa shape index (κ3) is 3.13. The minimum atomic E-state index is 0.0422. The van der Waals surface area contributed by atoms with Crippen LogP contribution in [-0.4, -0.2) is 47.5 Å². The van der Waals surface area contributed by atoms with Crippen LogP contribution in [0.3, 0.4) is 0 Å². The highest BCUT2D eigenvalue weighted by Gasteiger charge is 2.19. The summed E-state index contributed by atoms with van der Waals surface area (Å²) in [6.45, 7) is 5.41. The quantitative estimate of drug-likeness (QED) is 0.911. The number of hydrogen-bond acceptors (Lipinski definition) is 3. The molecule has 0 aromatic carbocycles. The fourth-order valence-corrected chi connectivity index (χ4v) is 2.40. The molecule has 0 aliphatic rings. The number of pyridine rings is 1. The molecule has 0 aliphatic carbocycles. The van der Waals surface area contributed by atoms with Gasteiger partial charge in [0.15, 0.2) is 0 Å². The third-order valence-electron chi connectivity index (χ3n) is 3.58. The number of rotatable bonds is 5. The Labute approximate surface area is 125 Å². The van der Waals surface area contributed by atoms with Gasteiger partial charge in [-0.2, -0.15) is 0 Å². The van der Waals surface area contributed by atoms with Gasteiger partial charge in [-0.1, -0.05) is 6.07 Å². The van der Waals surface area contributed by atoms with Crippen LogP contribution < -0.4 is 5.32 Å². The second-order valence-corrected chi connectivity index (χ2v) is 5.14. The molecule has 0 fully saturated rings. The van der Waals surface area contributed by atoms with Gasteiger partial charge in [-0.15, -0.1) is 0 Å². The van der Waals surface area contributed by atoms with Crippen LogP contribution in [0.15, 0.2) is 30.5 Å². The van der Waals surface area contributed by atoms with Gasteiger partial charge in [-0.3, -0.25) is 4.79 Å². The molecule has 0 radical (unpaired) electrons. The number of nitrogens with zero attached hydrogens (tertiary/aromatic N) is 3. The van der Waals surface area contributed by atoms with Crippen LogP contribution in [0.25, 0.3) is 5.82 Å². The molecule has 1 amide bonds. The zero-order valence-electron chi connectivity index (χ0n) is 13.1. The molecule has 0 spiro atoms. The standard InChI is InChI=1S/C16H22N4O/c1-12-11-14(16(21)19(4)10-9-17-3)13(2)20(12)15-7-5-6-8-18-15/h5-8,11,17H,9-10H2,1-4H3. The van der Waals surface area contributed by atoms with Crippen molar-refractivity contribution in [1.82, 2.24) is 19.8 Å². The maximum Gasteiger partial charge on any atom is 0.255 e. The minimum absolute atomic E-state index is 0.0422. The van der Waals surface area contributed by atoms with E-state index in [2.05, 4.69) is 10.3 Å². The van der Waals surface area contributed by atoms with Crippen LogP contribution >= 0.6 is 0 Å². The first-order chi connectivity index (χ1) is 10.1. The molecule has 0 unspecified atom stereocenters. The normalized spacial score (nSPS) is 10.7. The summed E-state index contributed by atoms with van der Waals surface area (Å²) < 4.78 is 2.01. The van der Waals surface area contributed by atoms with E-state index >= 15 is 0 Å². The van der Waals surface area contributed by atoms with Crippen LogP contribution in [0, 0.1) is 13.8 Å². The summed E-state index contributed by atoms with van der Waals surface area (Å²) in [5.74, 6) is 0.880. The Bertz CT molecular complexity index is 619. The highest BCUT2D eigenvalue weighted by molar-refractivity contribution is 5.95. The Hall–Kier alpha value is -2.14. The number of aromatic nitrogens is 2. The van der Waals surface area contributed by atoms with Gasteiger partial charge in [-0.05, 0) is 39.1 Å². The molecule has 2 aromatic rings. The fraction of sp³-hybridized carbons (Fsp3) is 0.375. The van der Waals surface area contributed by atoms with Gasteiger partial charge in [0, 0.05) is 37.7 Å². The molecule has 0 atom stereocenters. The van der Waals surface area contributed by atoms with E-state index in [0.29, 0.717) is 6.54 Å². The van der Waals surface area contributed by atoms with Crippen molar-refractivity contribution >= 4 is 5.91 Å². The fourth-order valence-electron chi connectivity index (χ4n) is 2.40. The number of aryl methyl sites for hydroxylation is 1. The summed E-state index contributed by atoms with van der Waals surface area (Å²) in [5.41, 5.74) is 2.67. The number of carbonyl (C=O) groups excluding carboxylic acids is 1. The molecule has 0 bridgehead atoms. The zero-order valence-corrected chi connectivity index (χ0v) is 13.1. The number of carbonyl (C=O) groups is 1. The van der Waals surface area contributed by atoms with Crippen molar-refractivity contribution in [3.63, 3.8) is 0 Å².